The van der Waals surface area contributed by atoms with Gasteiger partial charge in [-0.1, -0.05) is 48.5 Å². The lowest BCUT2D eigenvalue weighted by Crippen LogP contribution is -2.23. The minimum absolute atomic E-state index is 0.246. The zero-order valence-electron chi connectivity index (χ0n) is 22.8. The number of rotatable bonds is 13. The molecule has 0 aliphatic heterocycles. The second kappa shape index (κ2) is 19.6. The standard InChI is InChI=1S/C15H19NO4.C14H17NO4/c1-16(12-13-6-4-3-5-7-13)10-11-20-15(18)9-8-14(17)19-2;1-15(12-6-4-3-5-7-12)10-11-19-14(17)9-8-13(16)18-2/h3-9H,10-12H2,1-2H3;3-9H,10-11H2,1-2H3/b2*9-8+. The fourth-order valence-corrected chi connectivity index (χ4v) is 2.88. The van der Waals surface area contributed by atoms with Gasteiger partial charge in [0.15, 0.2) is 0 Å². The summed E-state index contributed by atoms with van der Waals surface area (Å²) in [6.07, 6.45) is 4.18. The van der Waals surface area contributed by atoms with Crippen LogP contribution in [0, 0.1) is 0 Å². The number of hydrogen-bond acceptors (Lipinski definition) is 10. The molecule has 10 heteroatoms. The highest BCUT2D eigenvalue weighted by Gasteiger charge is 2.04. The fourth-order valence-electron chi connectivity index (χ4n) is 2.88. The second-order valence-electron chi connectivity index (χ2n) is 8.03. The number of carbonyl (C=O) groups excluding carboxylic acids is 4. The summed E-state index contributed by atoms with van der Waals surface area (Å²) in [5, 5.41) is 0. The Labute approximate surface area is 229 Å². The first-order valence-corrected chi connectivity index (χ1v) is 12.1. The molecule has 0 unspecified atom stereocenters. The summed E-state index contributed by atoms with van der Waals surface area (Å²) in [7, 11) is 6.35. The first-order chi connectivity index (χ1) is 18.7. The number of hydrogen-bond donors (Lipinski definition) is 0. The lowest BCUT2D eigenvalue weighted by atomic mass is 10.2. The van der Waals surface area contributed by atoms with Crippen molar-refractivity contribution in [1.82, 2.24) is 4.90 Å². The van der Waals surface area contributed by atoms with Crippen LogP contribution in [0.2, 0.25) is 0 Å². The normalized spacial score (nSPS) is 10.5. The Morgan fingerprint density at radius 3 is 1.56 bits per heavy atom. The molecule has 0 aliphatic carbocycles. The van der Waals surface area contributed by atoms with Crippen molar-refractivity contribution in [3.05, 3.63) is 90.5 Å². The largest absolute Gasteiger partial charge is 0.466 e. The molecule has 0 aliphatic rings. The zero-order valence-corrected chi connectivity index (χ0v) is 22.8. The van der Waals surface area contributed by atoms with Gasteiger partial charge in [-0.3, -0.25) is 4.90 Å². The van der Waals surface area contributed by atoms with E-state index in [-0.39, 0.29) is 13.2 Å². The van der Waals surface area contributed by atoms with Crippen LogP contribution in [0.15, 0.2) is 85.0 Å². The van der Waals surface area contributed by atoms with Gasteiger partial charge < -0.3 is 23.8 Å². The number of nitrogens with zero attached hydrogens (tertiary/aromatic N) is 2. The highest BCUT2D eigenvalue weighted by atomic mass is 16.5. The third-order valence-electron chi connectivity index (χ3n) is 4.99. The van der Waals surface area contributed by atoms with Crippen molar-refractivity contribution in [2.45, 2.75) is 6.54 Å². The number of likely N-dealkylation sites (N-methyl/N-ethyl adjacent to an activating group) is 2. The van der Waals surface area contributed by atoms with Crippen LogP contribution in [0.25, 0.3) is 0 Å². The van der Waals surface area contributed by atoms with Crippen LogP contribution >= 0.6 is 0 Å². The zero-order chi connectivity index (χ0) is 28.9. The average Bonchev–Trinajstić information content (AvgIpc) is 2.95. The summed E-state index contributed by atoms with van der Waals surface area (Å²) in [5.74, 6) is -2.28. The number of esters is 4. The Morgan fingerprint density at radius 1 is 0.641 bits per heavy atom. The molecule has 0 fully saturated rings. The molecule has 0 aromatic heterocycles. The maximum Gasteiger partial charge on any atom is 0.331 e. The minimum Gasteiger partial charge on any atom is -0.466 e. The van der Waals surface area contributed by atoms with Gasteiger partial charge in [-0.25, -0.2) is 19.2 Å². The Morgan fingerprint density at radius 2 is 1.08 bits per heavy atom. The Balaban J connectivity index is 0.000000391. The number of carbonyl (C=O) groups is 4. The van der Waals surface area contributed by atoms with Gasteiger partial charge in [0, 0.05) is 50.1 Å². The van der Waals surface area contributed by atoms with E-state index in [1.807, 2.05) is 84.6 Å². The molecule has 0 heterocycles. The van der Waals surface area contributed by atoms with Crippen molar-refractivity contribution >= 4 is 29.6 Å². The SMILES string of the molecule is COC(=O)/C=C/C(=O)OCCN(C)Cc1ccccc1.COC(=O)/C=C/C(=O)OCCN(C)c1ccccc1. The number of anilines is 1. The smallest absolute Gasteiger partial charge is 0.331 e. The monoisotopic (exact) mass is 540 g/mol. The van der Waals surface area contributed by atoms with Gasteiger partial charge in [0.1, 0.15) is 13.2 Å². The number of benzene rings is 2. The Bertz CT molecular complexity index is 1070. The molecule has 0 amide bonds. The van der Waals surface area contributed by atoms with Gasteiger partial charge in [-0.15, -0.1) is 0 Å². The van der Waals surface area contributed by atoms with Crippen molar-refractivity contribution in [1.29, 1.82) is 0 Å². The molecule has 2 rings (SSSR count). The lowest BCUT2D eigenvalue weighted by molar-refractivity contribution is -0.139. The molecule has 0 saturated carbocycles. The van der Waals surface area contributed by atoms with Crippen LogP contribution in [0.1, 0.15) is 5.56 Å². The third kappa shape index (κ3) is 16.1. The van der Waals surface area contributed by atoms with Crippen LogP contribution in [0.3, 0.4) is 0 Å². The van der Waals surface area contributed by atoms with Crippen LogP contribution in [-0.4, -0.2) is 83.4 Å². The van der Waals surface area contributed by atoms with Crippen LogP contribution in [0.4, 0.5) is 5.69 Å². The van der Waals surface area contributed by atoms with Crippen molar-refractivity contribution in [2.75, 3.05) is 59.5 Å². The molecule has 0 bridgehead atoms. The Kier molecular flexibility index (Phi) is 16.4. The molecular formula is C29H36N2O8. The van der Waals surface area contributed by atoms with E-state index in [0.29, 0.717) is 13.1 Å². The van der Waals surface area contributed by atoms with Crippen LogP contribution in [0.5, 0.6) is 0 Å². The summed E-state index contributed by atoms with van der Waals surface area (Å²) >= 11 is 0. The molecule has 0 spiro atoms. The first kappa shape index (κ1) is 32.6. The topological polar surface area (TPSA) is 112 Å². The molecule has 0 atom stereocenters. The minimum atomic E-state index is -0.585. The predicted molar refractivity (Wildman–Crippen MR) is 147 cm³/mol. The van der Waals surface area contributed by atoms with Gasteiger partial charge in [0.05, 0.1) is 20.8 Å². The highest BCUT2D eigenvalue weighted by Crippen LogP contribution is 2.10. The van der Waals surface area contributed by atoms with Gasteiger partial charge in [0.25, 0.3) is 0 Å². The molecule has 0 N–H and O–H groups in total. The summed E-state index contributed by atoms with van der Waals surface area (Å²) < 4.78 is 18.7. The summed E-state index contributed by atoms with van der Waals surface area (Å²) in [6.45, 7) is 2.49. The van der Waals surface area contributed by atoms with Gasteiger partial charge in [-0.05, 0) is 24.7 Å². The molecule has 210 valence electrons. The van der Waals surface area contributed by atoms with Crippen molar-refractivity contribution in [2.24, 2.45) is 0 Å². The lowest BCUT2D eigenvalue weighted by Gasteiger charge is -2.18. The van der Waals surface area contributed by atoms with Gasteiger partial charge in [-0.2, -0.15) is 0 Å². The number of para-hydroxylation sites is 1. The first-order valence-electron chi connectivity index (χ1n) is 12.1. The molecule has 0 saturated heterocycles. The van der Waals surface area contributed by atoms with E-state index in [2.05, 4.69) is 9.47 Å². The number of methoxy groups -OCH3 is 2. The van der Waals surface area contributed by atoms with E-state index in [1.54, 1.807) is 0 Å². The molecule has 39 heavy (non-hydrogen) atoms. The third-order valence-corrected chi connectivity index (χ3v) is 4.99. The van der Waals surface area contributed by atoms with E-state index < -0.39 is 23.9 Å². The van der Waals surface area contributed by atoms with Gasteiger partial charge >= 0.3 is 23.9 Å². The molecular weight excluding hydrogens is 504 g/mol. The maximum atomic E-state index is 11.3. The van der Waals surface area contributed by atoms with Gasteiger partial charge in [0.2, 0.25) is 0 Å². The summed E-state index contributed by atoms with van der Waals surface area (Å²) in [6, 6.07) is 19.8. The van der Waals surface area contributed by atoms with E-state index in [1.165, 1.54) is 19.8 Å². The quantitative estimate of drug-likeness (QED) is 0.214. The molecule has 10 nitrogen and oxygen atoms in total. The predicted octanol–water partition coefficient (Wildman–Crippen LogP) is 2.79. The maximum absolute atomic E-state index is 11.3. The van der Waals surface area contributed by atoms with E-state index >= 15 is 0 Å². The molecule has 2 aromatic rings. The second-order valence-corrected chi connectivity index (χ2v) is 8.03. The van der Waals surface area contributed by atoms with Crippen LogP contribution < -0.4 is 4.90 Å². The molecule has 2 aromatic carbocycles. The van der Waals surface area contributed by atoms with Crippen molar-refractivity contribution in [3.8, 4) is 0 Å². The van der Waals surface area contributed by atoms with Crippen molar-refractivity contribution in [3.63, 3.8) is 0 Å². The average molecular weight is 541 g/mol. The van der Waals surface area contributed by atoms with Crippen LogP contribution in [-0.2, 0) is 44.7 Å². The van der Waals surface area contributed by atoms with E-state index in [9.17, 15) is 19.2 Å². The van der Waals surface area contributed by atoms with E-state index in [0.717, 1.165) is 36.5 Å². The van der Waals surface area contributed by atoms with E-state index in [4.69, 9.17) is 9.47 Å². The van der Waals surface area contributed by atoms with Crippen molar-refractivity contribution < 1.29 is 38.1 Å². The molecule has 0 radical (unpaired) electrons. The Hall–Kier alpha value is -4.44. The summed E-state index contributed by atoms with van der Waals surface area (Å²) in [5.41, 5.74) is 2.25. The number of ether oxygens (including phenoxy) is 4. The highest BCUT2D eigenvalue weighted by molar-refractivity contribution is 5.92. The summed E-state index contributed by atoms with van der Waals surface area (Å²) in [4.78, 5) is 48.1. The fraction of sp³-hybridized carbons (Fsp3) is 0.310.